The Morgan fingerprint density at radius 2 is 2.23 bits per heavy atom. The number of aryl methyl sites for hydroxylation is 1. The van der Waals surface area contributed by atoms with Gasteiger partial charge in [0.1, 0.15) is 0 Å². The van der Waals surface area contributed by atoms with E-state index in [4.69, 9.17) is 16.7 Å². The third-order valence-corrected chi connectivity index (χ3v) is 1.90. The SMILES string of the molecule is Cc1ccc(Cl)c(C=CC(=O)O)c1. The summed E-state index contributed by atoms with van der Waals surface area (Å²) in [7, 11) is 0. The second kappa shape index (κ2) is 4.10. The minimum atomic E-state index is -0.974. The number of hydrogen-bond acceptors (Lipinski definition) is 1. The van der Waals surface area contributed by atoms with Crippen molar-refractivity contribution in [2.24, 2.45) is 0 Å². The average Bonchev–Trinajstić information content (AvgIpc) is 2.06. The Bertz CT molecular complexity index is 356. The van der Waals surface area contributed by atoms with Crippen LogP contribution in [0, 0.1) is 6.92 Å². The fourth-order valence-electron chi connectivity index (χ4n) is 0.952. The van der Waals surface area contributed by atoms with Crippen LogP contribution in [-0.2, 0) is 4.79 Å². The molecule has 1 aromatic rings. The predicted molar refractivity (Wildman–Crippen MR) is 52.9 cm³/mol. The molecule has 0 aliphatic rings. The Morgan fingerprint density at radius 1 is 1.54 bits per heavy atom. The molecular weight excluding hydrogens is 188 g/mol. The van der Waals surface area contributed by atoms with E-state index in [1.54, 1.807) is 6.07 Å². The predicted octanol–water partition coefficient (Wildman–Crippen LogP) is 2.75. The molecule has 0 amide bonds. The summed E-state index contributed by atoms with van der Waals surface area (Å²) >= 11 is 5.84. The first-order valence-electron chi connectivity index (χ1n) is 3.77. The summed E-state index contributed by atoms with van der Waals surface area (Å²) in [5.41, 5.74) is 1.78. The molecule has 0 saturated heterocycles. The van der Waals surface area contributed by atoms with E-state index in [-0.39, 0.29) is 0 Å². The van der Waals surface area contributed by atoms with Gasteiger partial charge in [0, 0.05) is 11.1 Å². The van der Waals surface area contributed by atoms with Gasteiger partial charge in [0.15, 0.2) is 0 Å². The summed E-state index contributed by atoms with van der Waals surface area (Å²) in [6.45, 7) is 1.93. The number of halogens is 1. The molecule has 13 heavy (non-hydrogen) atoms. The lowest BCUT2D eigenvalue weighted by atomic mass is 10.1. The fourth-order valence-corrected chi connectivity index (χ4v) is 1.13. The van der Waals surface area contributed by atoms with Gasteiger partial charge in [-0.15, -0.1) is 0 Å². The third-order valence-electron chi connectivity index (χ3n) is 1.56. The zero-order valence-electron chi connectivity index (χ0n) is 7.12. The van der Waals surface area contributed by atoms with Crippen molar-refractivity contribution >= 4 is 23.6 Å². The molecule has 0 heterocycles. The van der Waals surface area contributed by atoms with E-state index in [9.17, 15) is 4.79 Å². The first kappa shape index (κ1) is 9.81. The zero-order valence-corrected chi connectivity index (χ0v) is 7.88. The van der Waals surface area contributed by atoms with Crippen LogP contribution in [0.5, 0.6) is 0 Å². The molecule has 0 spiro atoms. The van der Waals surface area contributed by atoms with Crippen LogP contribution in [0.4, 0.5) is 0 Å². The molecule has 0 fully saturated rings. The molecule has 0 aromatic heterocycles. The number of aliphatic carboxylic acids is 1. The van der Waals surface area contributed by atoms with E-state index in [2.05, 4.69) is 0 Å². The van der Waals surface area contributed by atoms with Gasteiger partial charge in [-0.05, 0) is 24.6 Å². The van der Waals surface area contributed by atoms with E-state index in [0.29, 0.717) is 5.02 Å². The van der Waals surface area contributed by atoms with Gasteiger partial charge in [-0.1, -0.05) is 29.3 Å². The second-order valence-corrected chi connectivity index (χ2v) is 3.10. The largest absolute Gasteiger partial charge is 0.478 e. The van der Waals surface area contributed by atoms with E-state index in [0.717, 1.165) is 17.2 Å². The molecule has 0 bridgehead atoms. The molecule has 0 aliphatic heterocycles. The third kappa shape index (κ3) is 2.92. The van der Waals surface area contributed by atoms with Gasteiger partial charge in [-0.25, -0.2) is 4.79 Å². The Morgan fingerprint density at radius 3 is 2.85 bits per heavy atom. The summed E-state index contributed by atoms with van der Waals surface area (Å²) in [4.78, 5) is 10.2. The molecule has 0 atom stereocenters. The zero-order chi connectivity index (χ0) is 9.84. The van der Waals surface area contributed by atoms with Gasteiger partial charge < -0.3 is 5.11 Å². The second-order valence-electron chi connectivity index (χ2n) is 2.70. The van der Waals surface area contributed by atoms with E-state index >= 15 is 0 Å². The smallest absolute Gasteiger partial charge is 0.328 e. The standard InChI is InChI=1S/C10H9ClO2/c1-7-2-4-9(11)8(6-7)3-5-10(12)13/h2-6H,1H3,(H,12,13). The molecule has 0 unspecified atom stereocenters. The Balaban J connectivity index is 3.00. The monoisotopic (exact) mass is 196 g/mol. The number of benzene rings is 1. The summed E-state index contributed by atoms with van der Waals surface area (Å²) in [5.74, 6) is -0.974. The molecular formula is C10H9ClO2. The van der Waals surface area contributed by atoms with Crippen LogP contribution in [0.3, 0.4) is 0 Å². The van der Waals surface area contributed by atoms with E-state index in [1.165, 1.54) is 6.08 Å². The number of carbonyl (C=O) groups is 1. The van der Waals surface area contributed by atoms with Gasteiger partial charge in [-0.3, -0.25) is 0 Å². The minimum Gasteiger partial charge on any atom is -0.478 e. The highest BCUT2D eigenvalue weighted by atomic mass is 35.5. The molecule has 0 radical (unpaired) electrons. The average molecular weight is 197 g/mol. The van der Waals surface area contributed by atoms with E-state index in [1.807, 2.05) is 19.1 Å². The van der Waals surface area contributed by atoms with Gasteiger partial charge in [0.05, 0.1) is 0 Å². The van der Waals surface area contributed by atoms with Crippen LogP contribution < -0.4 is 0 Å². The first-order valence-corrected chi connectivity index (χ1v) is 4.14. The van der Waals surface area contributed by atoms with Gasteiger partial charge in [0.25, 0.3) is 0 Å². The Kier molecular flexibility index (Phi) is 3.09. The lowest BCUT2D eigenvalue weighted by Crippen LogP contribution is -1.86. The number of hydrogen-bond donors (Lipinski definition) is 1. The normalized spacial score (nSPS) is 10.6. The van der Waals surface area contributed by atoms with Crippen molar-refractivity contribution in [2.75, 3.05) is 0 Å². The van der Waals surface area contributed by atoms with Gasteiger partial charge in [0.2, 0.25) is 0 Å². The molecule has 3 heteroatoms. The highest BCUT2D eigenvalue weighted by Gasteiger charge is 1.96. The van der Waals surface area contributed by atoms with Crippen molar-refractivity contribution in [2.45, 2.75) is 6.92 Å². The molecule has 68 valence electrons. The van der Waals surface area contributed by atoms with Crippen molar-refractivity contribution in [1.29, 1.82) is 0 Å². The maximum absolute atomic E-state index is 10.2. The van der Waals surface area contributed by atoms with Gasteiger partial charge in [-0.2, -0.15) is 0 Å². The Hall–Kier alpha value is -1.28. The van der Waals surface area contributed by atoms with Crippen LogP contribution in [0.1, 0.15) is 11.1 Å². The lowest BCUT2D eigenvalue weighted by molar-refractivity contribution is -0.131. The number of rotatable bonds is 2. The van der Waals surface area contributed by atoms with Crippen molar-refractivity contribution in [1.82, 2.24) is 0 Å². The summed E-state index contributed by atoms with van der Waals surface area (Å²) < 4.78 is 0. The summed E-state index contributed by atoms with van der Waals surface area (Å²) in [6, 6.07) is 5.46. The maximum atomic E-state index is 10.2. The van der Waals surface area contributed by atoms with Crippen molar-refractivity contribution in [3.8, 4) is 0 Å². The first-order chi connectivity index (χ1) is 6.09. The van der Waals surface area contributed by atoms with Crippen LogP contribution in [0.25, 0.3) is 6.08 Å². The summed E-state index contributed by atoms with van der Waals surface area (Å²) in [6.07, 6.45) is 2.55. The maximum Gasteiger partial charge on any atom is 0.328 e. The minimum absolute atomic E-state index is 0.558. The topological polar surface area (TPSA) is 37.3 Å². The van der Waals surface area contributed by atoms with Crippen LogP contribution in [0.15, 0.2) is 24.3 Å². The summed E-state index contributed by atoms with van der Waals surface area (Å²) in [5, 5.41) is 8.96. The highest BCUT2D eigenvalue weighted by molar-refractivity contribution is 6.32. The van der Waals surface area contributed by atoms with E-state index < -0.39 is 5.97 Å². The Labute approximate surface area is 81.5 Å². The molecule has 0 saturated carbocycles. The quantitative estimate of drug-likeness (QED) is 0.739. The van der Waals surface area contributed by atoms with Crippen LogP contribution in [0.2, 0.25) is 5.02 Å². The van der Waals surface area contributed by atoms with Crippen molar-refractivity contribution in [3.05, 3.63) is 40.4 Å². The lowest BCUT2D eigenvalue weighted by Gasteiger charge is -1.98. The number of carboxylic acid groups (broad SMARTS) is 1. The molecule has 2 nitrogen and oxygen atoms in total. The van der Waals surface area contributed by atoms with Crippen LogP contribution >= 0.6 is 11.6 Å². The highest BCUT2D eigenvalue weighted by Crippen LogP contribution is 2.18. The van der Waals surface area contributed by atoms with Gasteiger partial charge >= 0.3 is 5.97 Å². The molecule has 0 aliphatic carbocycles. The molecule has 1 N–H and O–H groups in total. The van der Waals surface area contributed by atoms with Crippen LogP contribution in [-0.4, -0.2) is 11.1 Å². The van der Waals surface area contributed by atoms with Crippen molar-refractivity contribution < 1.29 is 9.90 Å². The molecule has 1 aromatic carbocycles. The molecule has 1 rings (SSSR count). The fraction of sp³-hybridized carbons (Fsp3) is 0.100. The van der Waals surface area contributed by atoms with Crippen molar-refractivity contribution in [3.63, 3.8) is 0 Å². The number of carboxylic acids is 1.